The Labute approximate surface area is 120 Å². The van der Waals surface area contributed by atoms with Gasteiger partial charge in [0.15, 0.2) is 5.82 Å². The molecule has 20 heavy (non-hydrogen) atoms. The van der Waals surface area contributed by atoms with Crippen LogP contribution in [-0.4, -0.2) is 23.1 Å². The summed E-state index contributed by atoms with van der Waals surface area (Å²) in [6.45, 7) is 7.60. The van der Waals surface area contributed by atoms with Crippen molar-refractivity contribution in [2.75, 3.05) is 18.5 Å². The van der Waals surface area contributed by atoms with Crippen LogP contribution in [0, 0.1) is 0 Å². The Kier molecular flexibility index (Phi) is 4.93. The van der Waals surface area contributed by atoms with Crippen LogP contribution in [0.3, 0.4) is 0 Å². The number of hydrogen-bond donors (Lipinski definition) is 1. The van der Waals surface area contributed by atoms with E-state index in [0.29, 0.717) is 12.4 Å². The van der Waals surface area contributed by atoms with E-state index in [9.17, 15) is 0 Å². The average Bonchev–Trinajstić information content (AvgIpc) is 2.48. The van der Waals surface area contributed by atoms with Crippen molar-refractivity contribution < 1.29 is 4.74 Å². The Bertz CT molecular complexity index is 569. The zero-order valence-electron chi connectivity index (χ0n) is 12.3. The maximum absolute atomic E-state index is 5.66. The van der Waals surface area contributed by atoms with Gasteiger partial charge in [-0.25, -0.2) is 9.97 Å². The van der Waals surface area contributed by atoms with E-state index in [0.717, 1.165) is 35.8 Å². The van der Waals surface area contributed by atoms with Gasteiger partial charge in [-0.15, -0.1) is 0 Å². The third-order valence-electron chi connectivity index (χ3n) is 2.93. The minimum atomic E-state index is 0.630. The first kappa shape index (κ1) is 14.3. The van der Waals surface area contributed by atoms with Crippen LogP contribution in [0.4, 0.5) is 5.82 Å². The number of hydrogen-bond acceptors (Lipinski definition) is 4. The number of nitrogens with zero attached hydrogens (tertiary/aromatic N) is 2. The van der Waals surface area contributed by atoms with Crippen LogP contribution in [0.25, 0.3) is 11.4 Å². The molecule has 2 aromatic rings. The molecule has 0 amide bonds. The van der Waals surface area contributed by atoms with Gasteiger partial charge in [0.1, 0.15) is 11.6 Å². The van der Waals surface area contributed by atoms with E-state index in [1.807, 2.05) is 37.3 Å². The summed E-state index contributed by atoms with van der Waals surface area (Å²) in [5, 5.41) is 3.25. The smallest absolute Gasteiger partial charge is 0.165 e. The highest BCUT2D eigenvalue weighted by molar-refractivity contribution is 5.65. The molecule has 2 rings (SSSR count). The molecule has 1 aromatic carbocycles. The van der Waals surface area contributed by atoms with Gasteiger partial charge in [-0.3, -0.25) is 0 Å². The molecule has 106 valence electrons. The number of rotatable bonds is 6. The molecule has 0 aliphatic heterocycles. The zero-order valence-corrected chi connectivity index (χ0v) is 12.3. The normalized spacial score (nSPS) is 10.3. The van der Waals surface area contributed by atoms with Gasteiger partial charge in [0, 0.05) is 18.3 Å². The van der Waals surface area contributed by atoms with Gasteiger partial charge >= 0.3 is 0 Å². The molecule has 0 aliphatic rings. The SMILES string of the molecule is CCNc1cc(CC)nc(-c2ccccc2OCC)n1. The monoisotopic (exact) mass is 271 g/mol. The number of benzene rings is 1. The molecule has 1 heterocycles. The van der Waals surface area contributed by atoms with Crippen LogP contribution in [0.5, 0.6) is 5.75 Å². The molecular weight excluding hydrogens is 250 g/mol. The number of anilines is 1. The molecule has 0 atom stereocenters. The molecule has 0 bridgehead atoms. The summed E-state index contributed by atoms with van der Waals surface area (Å²) in [6.07, 6.45) is 0.880. The van der Waals surface area contributed by atoms with Gasteiger partial charge in [-0.2, -0.15) is 0 Å². The summed E-state index contributed by atoms with van der Waals surface area (Å²) in [5.74, 6) is 2.40. The van der Waals surface area contributed by atoms with E-state index >= 15 is 0 Å². The third kappa shape index (κ3) is 3.26. The quantitative estimate of drug-likeness (QED) is 0.873. The standard InChI is InChI=1S/C16H21N3O/c1-4-12-11-15(17-5-2)19-16(18-12)13-9-7-8-10-14(13)20-6-3/h7-11H,4-6H2,1-3H3,(H,17,18,19). The number of aromatic nitrogens is 2. The molecule has 4 heteroatoms. The van der Waals surface area contributed by atoms with E-state index in [2.05, 4.69) is 29.1 Å². The molecule has 4 nitrogen and oxygen atoms in total. The van der Waals surface area contributed by atoms with Crippen molar-refractivity contribution in [1.82, 2.24) is 9.97 Å². The van der Waals surface area contributed by atoms with Crippen LogP contribution in [-0.2, 0) is 6.42 Å². The topological polar surface area (TPSA) is 47.0 Å². The minimum Gasteiger partial charge on any atom is -0.493 e. The first-order chi connectivity index (χ1) is 9.78. The lowest BCUT2D eigenvalue weighted by Gasteiger charge is -2.11. The minimum absolute atomic E-state index is 0.630. The lowest BCUT2D eigenvalue weighted by Crippen LogP contribution is -2.04. The lowest BCUT2D eigenvalue weighted by molar-refractivity contribution is 0.341. The molecule has 0 saturated carbocycles. The largest absolute Gasteiger partial charge is 0.493 e. The number of ether oxygens (including phenoxy) is 1. The molecule has 0 saturated heterocycles. The van der Waals surface area contributed by atoms with E-state index < -0.39 is 0 Å². The molecule has 0 spiro atoms. The predicted octanol–water partition coefficient (Wildman–Crippen LogP) is 3.54. The highest BCUT2D eigenvalue weighted by Gasteiger charge is 2.10. The number of nitrogens with one attached hydrogen (secondary N) is 1. The molecule has 0 unspecified atom stereocenters. The second-order valence-electron chi connectivity index (χ2n) is 4.38. The van der Waals surface area contributed by atoms with Gasteiger partial charge in [0.2, 0.25) is 0 Å². The van der Waals surface area contributed by atoms with E-state index in [4.69, 9.17) is 4.74 Å². The Morgan fingerprint density at radius 3 is 2.60 bits per heavy atom. The van der Waals surface area contributed by atoms with Gasteiger partial charge in [0.25, 0.3) is 0 Å². The Balaban J connectivity index is 2.48. The van der Waals surface area contributed by atoms with Crippen molar-refractivity contribution in [2.24, 2.45) is 0 Å². The van der Waals surface area contributed by atoms with Crippen LogP contribution in [0.15, 0.2) is 30.3 Å². The van der Waals surface area contributed by atoms with Gasteiger partial charge in [-0.1, -0.05) is 19.1 Å². The summed E-state index contributed by atoms with van der Waals surface area (Å²) in [6, 6.07) is 9.88. The van der Waals surface area contributed by atoms with Crippen molar-refractivity contribution in [1.29, 1.82) is 0 Å². The first-order valence-corrected chi connectivity index (χ1v) is 7.12. The Hall–Kier alpha value is -2.10. The first-order valence-electron chi connectivity index (χ1n) is 7.12. The van der Waals surface area contributed by atoms with Gasteiger partial charge < -0.3 is 10.1 Å². The fraction of sp³-hybridized carbons (Fsp3) is 0.375. The van der Waals surface area contributed by atoms with Crippen LogP contribution in [0.2, 0.25) is 0 Å². The van der Waals surface area contributed by atoms with Crippen LogP contribution in [0.1, 0.15) is 26.5 Å². The molecule has 0 radical (unpaired) electrons. The number of para-hydroxylation sites is 1. The number of aryl methyl sites for hydroxylation is 1. The third-order valence-corrected chi connectivity index (χ3v) is 2.93. The average molecular weight is 271 g/mol. The highest BCUT2D eigenvalue weighted by Crippen LogP contribution is 2.28. The second-order valence-corrected chi connectivity index (χ2v) is 4.38. The van der Waals surface area contributed by atoms with Crippen molar-refractivity contribution in [3.63, 3.8) is 0 Å². The summed E-state index contributed by atoms with van der Waals surface area (Å²) >= 11 is 0. The van der Waals surface area contributed by atoms with E-state index in [-0.39, 0.29) is 0 Å². The molecule has 0 aliphatic carbocycles. The fourth-order valence-electron chi connectivity index (χ4n) is 2.00. The summed E-state index contributed by atoms with van der Waals surface area (Å²) in [7, 11) is 0. The predicted molar refractivity (Wildman–Crippen MR) is 82.2 cm³/mol. The fourth-order valence-corrected chi connectivity index (χ4v) is 2.00. The van der Waals surface area contributed by atoms with Gasteiger partial charge in [0.05, 0.1) is 12.2 Å². The zero-order chi connectivity index (χ0) is 14.4. The lowest BCUT2D eigenvalue weighted by atomic mass is 10.1. The molecule has 1 N–H and O–H groups in total. The van der Waals surface area contributed by atoms with Crippen molar-refractivity contribution >= 4 is 5.82 Å². The summed E-state index contributed by atoms with van der Waals surface area (Å²) < 4.78 is 5.66. The van der Waals surface area contributed by atoms with Crippen LogP contribution < -0.4 is 10.1 Å². The Morgan fingerprint density at radius 1 is 1.10 bits per heavy atom. The maximum Gasteiger partial charge on any atom is 0.165 e. The summed E-state index contributed by atoms with van der Waals surface area (Å²) in [4.78, 5) is 9.20. The van der Waals surface area contributed by atoms with Crippen LogP contribution >= 0.6 is 0 Å². The van der Waals surface area contributed by atoms with Crippen molar-refractivity contribution in [3.8, 4) is 17.1 Å². The van der Waals surface area contributed by atoms with Crippen molar-refractivity contribution in [2.45, 2.75) is 27.2 Å². The Morgan fingerprint density at radius 2 is 1.90 bits per heavy atom. The van der Waals surface area contributed by atoms with E-state index in [1.54, 1.807) is 0 Å². The van der Waals surface area contributed by atoms with E-state index in [1.165, 1.54) is 0 Å². The molecule has 1 aromatic heterocycles. The van der Waals surface area contributed by atoms with Crippen molar-refractivity contribution in [3.05, 3.63) is 36.0 Å². The molecular formula is C16H21N3O. The maximum atomic E-state index is 5.66. The van der Waals surface area contributed by atoms with Gasteiger partial charge in [-0.05, 0) is 32.4 Å². The second kappa shape index (κ2) is 6.89. The summed E-state index contributed by atoms with van der Waals surface area (Å²) in [5.41, 5.74) is 1.96. The highest BCUT2D eigenvalue weighted by atomic mass is 16.5. The molecule has 0 fully saturated rings.